The van der Waals surface area contributed by atoms with Crippen molar-refractivity contribution in [3.63, 3.8) is 0 Å². The SMILES string of the molecule is O=C(O)C1CSCCN1C(=O)NCCCN1CCNCC1. The van der Waals surface area contributed by atoms with Crippen LogP contribution in [-0.4, -0.2) is 90.3 Å². The first-order chi connectivity index (χ1) is 10.2. The molecule has 2 aliphatic rings. The molecule has 2 rings (SSSR count). The number of hydrogen-bond acceptors (Lipinski definition) is 5. The molecule has 0 bridgehead atoms. The molecule has 0 radical (unpaired) electrons. The third kappa shape index (κ3) is 5.05. The number of urea groups is 1. The molecule has 2 heterocycles. The van der Waals surface area contributed by atoms with Crippen molar-refractivity contribution in [3.8, 4) is 0 Å². The van der Waals surface area contributed by atoms with Crippen LogP contribution >= 0.6 is 11.8 Å². The van der Waals surface area contributed by atoms with Gasteiger partial charge in [-0.2, -0.15) is 11.8 Å². The number of thioether (sulfide) groups is 1. The fourth-order valence-corrected chi connectivity index (χ4v) is 3.62. The Balaban J connectivity index is 1.67. The van der Waals surface area contributed by atoms with E-state index in [1.807, 2.05) is 0 Å². The zero-order valence-electron chi connectivity index (χ0n) is 12.2. The Kier molecular flexibility index (Phi) is 6.59. The standard InChI is InChI=1S/C13H24N4O3S/c18-12(19)11-10-21-9-8-17(11)13(20)15-2-1-5-16-6-3-14-4-7-16/h11,14H,1-10H2,(H,15,20)(H,18,19). The van der Waals surface area contributed by atoms with Gasteiger partial charge in [0.15, 0.2) is 0 Å². The highest BCUT2D eigenvalue weighted by Crippen LogP contribution is 2.16. The van der Waals surface area contributed by atoms with Crippen molar-refractivity contribution in [3.05, 3.63) is 0 Å². The molecule has 120 valence electrons. The number of nitrogens with one attached hydrogen (secondary N) is 2. The van der Waals surface area contributed by atoms with Crippen LogP contribution in [0.1, 0.15) is 6.42 Å². The molecule has 0 aromatic heterocycles. The molecule has 0 saturated carbocycles. The molecule has 1 atom stereocenters. The van der Waals surface area contributed by atoms with Crippen molar-refractivity contribution in [1.82, 2.24) is 20.4 Å². The summed E-state index contributed by atoms with van der Waals surface area (Å²) < 4.78 is 0. The van der Waals surface area contributed by atoms with E-state index in [4.69, 9.17) is 5.11 Å². The average Bonchev–Trinajstić information content (AvgIpc) is 2.52. The van der Waals surface area contributed by atoms with Crippen molar-refractivity contribution >= 4 is 23.8 Å². The fourth-order valence-electron chi connectivity index (χ4n) is 2.59. The molecule has 7 nitrogen and oxygen atoms in total. The second-order valence-electron chi connectivity index (χ2n) is 5.30. The lowest BCUT2D eigenvalue weighted by Gasteiger charge is -2.32. The van der Waals surface area contributed by atoms with E-state index >= 15 is 0 Å². The highest BCUT2D eigenvalue weighted by atomic mass is 32.2. The normalized spacial score (nSPS) is 23.8. The van der Waals surface area contributed by atoms with Crippen LogP contribution in [0, 0.1) is 0 Å². The molecule has 2 aliphatic heterocycles. The Labute approximate surface area is 129 Å². The molecule has 21 heavy (non-hydrogen) atoms. The summed E-state index contributed by atoms with van der Waals surface area (Å²) in [4.78, 5) is 27.1. The van der Waals surface area contributed by atoms with Gasteiger partial charge in [0, 0.05) is 50.8 Å². The minimum Gasteiger partial charge on any atom is -0.480 e. The number of carboxylic acid groups (broad SMARTS) is 1. The van der Waals surface area contributed by atoms with Crippen molar-refractivity contribution in [2.75, 3.05) is 57.3 Å². The predicted octanol–water partition coefficient (Wildman–Crippen LogP) is -0.507. The molecule has 3 N–H and O–H groups in total. The lowest BCUT2D eigenvalue weighted by atomic mass is 10.3. The van der Waals surface area contributed by atoms with Crippen LogP contribution in [0.3, 0.4) is 0 Å². The van der Waals surface area contributed by atoms with Gasteiger partial charge >= 0.3 is 12.0 Å². The Morgan fingerprint density at radius 1 is 1.29 bits per heavy atom. The number of rotatable bonds is 5. The molecule has 0 spiro atoms. The lowest BCUT2D eigenvalue weighted by Crippen LogP contribution is -2.54. The molecule has 0 aromatic rings. The van der Waals surface area contributed by atoms with Gasteiger partial charge in [0.25, 0.3) is 0 Å². The van der Waals surface area contributed by atoms with E-state index in [0.29, 0.717) is 18.8 Å². The van der Waals surface area contributed by atoms with Gasteiger partial charge in [0.05, 0.1) is 0 Å². The van der Waals surface area contributed by atoms with Crippen LogP contribution in [0.15, 0.2) is 0 Å². The molecule has 1 unspecified atom stereocenters. The zero-order chi connectivity index (χ0) is 15.1. The molecule has 0 aromatic carbocycles. The van der Waals surface area contributed by atoms with E-state index < -0.39 is 12.0 Å². The highest BCUT2D eigenvalue weighted by molar-refractivity contribution is 7.99. The summed E-state index contributed by atoms with van der Waals surface area (Å²) >= 11 is 1.58. The van der Waals surface area contributed by atoms with Gasteiger partial charge in [-0.05, 0) is 13.0 Å². The highest BCUT2D eigenvalue weighted by Gasteiger charge is 2.32. The van der Waals surface area contributed by atoms with E-state index in [-0.39, 0.29) is 6.03 Å². The first-order valence-electron chi connectivity index (χ1n) is 7.46. The van der Waals surface area contributed by atoms with Gasteiger partial charge < -0.3 is 25.5 Å². The number of hydrogen-bond donors (Lipinski definition) is 3. The molecule has 0 aliphatic carbocycles. The molecular weight excluding hydrogens is 292 g/mol. The quantitative estimate of drug-likeness (QED) is 0.593. The first-order valence-corrected chi connectivity index (χ1v) is 8.62. The van der Waals surface area contributed by atoms with Gasteiger partial charge in [-0.15, -0.1) is 0 Å². The second-order valence-corrected chi connectivity index (χ2v) is 6.45. The minimum absolute atomic E-state index is 0.247. The van der Waals surface area contributed by atoms with E-state index in [1.165, 1.54) is 4.90 Å². The Morgan fingerprint density at radius 3 is 2.76 bits per heavy atom. The number of carbonyl (C=O) groups excluding carboxylic acids is 1. The number of amides is 2. The fraction of sp³-hybridized carbons (Fsp3) is 0.846. The van der Waals surface area contributed by atoms with Gasteiger partial charge in [-0.1, -0.05) is 0 Å². The predicted molar refractivity (Wildman–Crippen MR) is 82.8 cm³/mol. The zero-order valence-corrected chi connectivity index (χ0v) is 13.0. The van der Waals surface area contributed by atoms with Crippen LogP contribution in [0.25, 0.3) is 0 Å². The Morgan fingerprint density at radius 2 is 2.05 bits per heavy atom. The molecule has 2 fully saturated rings. The molecule has 2 amide bonds. The minimum atomic E-state index is -0.918. The topological polar surface area (TPSA) is 84.9 Å². The van der Waals surface area contributed by atoms with Gasteiger partial charge in [0.2, 0.25) is 0 Å². The van der Waals surface area contributed by atoms with Crippen LogP contribution < -0.4 is 10.6 Å². The van der Waals surface area contributed by atoms with Gasteiger partial charge in [-0.25, -0.2) is 9.59 Å². The number of nitrogens with zero attached hydrogens (tertiary/aromatic N) is 2. The van der Waals surface area contributed by atoms with Crippen molar-refractivity contribution in [2.45, 2.75) is 12.5 Å². The van der Waals surface area contributed by atoms with Crippen LogP contribution in [-0.2, 0) is 4.79 Å². The average molecular weight is 316 g/mol. The Hall–Kier alpha value is -0.990. The van der Waals surface area contributed by atoms with Gasteiger partial charge in [-0.3, -0.25) is 0 Å². The monoisotopic (exact) mass is 316 g/mol. The largest absolute Gasteiger partial charge is 0.480 e. The second kappa shape index (κ2) is 8.45. The Bertz CT molecular complexity index is 363. The van der Waals surface area contributed by atoms with E-state index in [0.717, 1.165) is 44.9 Å². The van der Waals surface area contributed by atoms with Crippen LogP contribution in [0.5, 0.6) is 0 Å². The summed E-state index contributed by atoms with van der Waals surface area (Å²) in [6.07, 6.45) is 0.895. The summed E-state index contributed by atoms with van der Waals surface area (Å²) in [7, 11) is 0. The summed E-state index contributed by atoms with van der Waals surface area (Å²) in [5.41, 5.74) is 0. The van der Waals surface area contributed by atoms with Gasteiger partial charge in [0.1, 0.15) is 6.04 Å². The summed E-state index contributed by atoms with van der Waals surface area (Å²) in [5, 5.41) is 15.3. The van der Waals surface area contributed by atoms with E-state index in [9.17, 15) is 9.59 Å². The number of carbonyl (C=O) groups is 2. The van der Waals surface area contributed by atoms with Crippen molar-refractivity contribution in [1.29, 1.82) is 0 Å². The molecule has 8 heteroatoms. The third-order valence-corrected chi connectivity index (χ3v) is 4.83. The van der Waals surface area contributed by atoms with Crippen LogP contribution in [0.4, 0.5) is 4.79 Å². The summed E-state index contributed by atoms with van der Waals surface area (Å²) in [6, 6.07) is -0.945. The van der Waals surface area contributed by atoms with Crippen LogP contribution in [0.2, 0.25) is 0 Å². The smallest absolute Gasteiger partial charge is 0.327 e. The van der Waals surface area contributed by atoms with Crippen molar-refractivity contribution in [2.24, 2.45) is 0 Å². The molecule has 2 saturated heterocycles. The maximum atomic E-state index is 12.1. The summed E-state index contributed by atoms with van der Waals surface area (Å²) in [6.45, 7) is 6.23. The third-order valence-electron chi connectivity index (χ3n) is 3.81. The van der Waals surface area contributed by atoms with Crippen molar-refractivity contribution < 1.29 is 14.7 Å². The maximum Gasteiger partial charge on any atom is 0.327 e. The van der Waals surface area contributed by atoms with E-state index in [2.05, 4.69) is 15.5 Å². The number of carboxylic acids is 1. The first kappa shape index (κ1) is 16.4. The van der Waals surface area contributed by atoms with E-state index in [1.54, 1.807) is 11.8 Å². The lowest BCUT2D eigenvalue weighted by molar-refractivity contribution is -0.141. The number of aliphatic carboxylic acids is 1. The summed E-state index contributed by atoms with van der Waals surface area (Å²) in [5.74, 6) is 0.361. The number of piperazine rings is 1. The maximum absolute atomic E-state index is 12.1. The molecular formula is C13H24N4O3S.